The van der Waals surface area contributed by atoms with Crippen LogP contribution in [0.4, 0.5) is 5.69 Å². The fourth-order valence-corrected chi connectivity index (χ4v) is 7.94. The van der Waals surface area contributed by atoms with E-state index in [4.69, 9.17) is 4.99 Å². The van der Waals surface area contributed by atoms with E-state index in [0.717, 1.165) is 35.4 Å². The van der Waals surface area contributed by atoms with Crippen molar-refractivity contribution in [2.24, 2.45) is 4.99 Å². The highest BCUT2D eigenvalue weighted by Crippen LogP contribution is 2.42. The van der Waals surface area contributed by atoms with Gasteiger partial charge in [0.2, 0.25) is 0 Å². The zero-order chi connectivity index (χ0) is 30.9. The summed E-state index contributed by atoms with van der Waals surface area (Å²) >= 11 is 0. The van der Waals surface area contributed by atoms with Gasteiger partial charge in [0.15, 0.2) is 0 Å². The second-order valence-electron chi connectivity index (χ2n) is 12.7. The zero-order valence-corrected chi connectivity index (χ0v) is 25.8. The Balaban J connectivity index is 1.17. The van der Waals surface area contributed by atoms with Crippen LogP contribution in [0.15, 0.2) is 151 Å². The highest BCUT2D eigenvalue weighted by molar-refractivity contribution is 6.23. The number of nitrogens with zero attached hydrogens (tertiary/aromatic N) is 2. The van der Waals surface area contributed by atoms with Gasteiger partial charge >= 0.3 is 0 Å². The van der Waals surface area contributed by atoms with Crippen LogP contribution < -0.4 is 5.32 Å². The lowest BCUT2D eigenvalue weighted by Crippen LogP contribution is -2.20. The Labute approximate surface area is 273 Å². The summed E-state index contributed by atoms with van der Waals surface area (Å²) in [6.07, 6.45) is 6.55. The third kappa shape index (κ3) is 4.03. The van der Waals surface area contributed by atoms with Crippen LogP contribution in [0.1, 0.15) is 40.4 Å². The summed E-state index contributed by atoms with van der Waals surface area (Å²) in [5, 5.41) is 11.5. The topological polar surface area (TPSA) is 29.3 Å². The standard InChI is InChI=1S/C44H31N3/c1-2-13-30(14-3-1)43-37-18-8-9-20-38(37)45-44(46-43)36-19-10-15-31-27-32(23-24-33(31)36)47-39-25-21-28-11-4-6-16-34(28)41(39)42-35-17-7-5-12-29(35)22-26-40(42)47/h1-6,8-16,18-27,44-45H,7,17H2. The van der Waals surface area contributed by atoms with Crippen LogP contribution in [-0.4, -0.2) is 10.3 Å². The van der Waals surface area contributed by atoms with Gasteiger partial charge in [-0.15, -0.1) is 0 Å². The van der Waals surface area contributed by atoms with E-state index in [-0.39, 0.29) is 6.17 Å². The number of hydrogen-bond acceptors (Lipinski definition) is 2. The zero-order valence-electron chi connectivity index (χ0n) is 25.8. The first-order chi connectivity index (χ1) is 23.3. The molecule has 10 rings (SSSR count). The molecule has 1 aromatic heterocycles. The first kappa shape index (κ1) is 26.3. The van der Waals surface area contributed by atoms with Gasteiger partial charge in [-0.1, -0.05) is 121 Å². The molecule has 3 nitrogen and oxygen atoms in total. The van der Waals surface area contributed by atoms with Crippen LogP contribution in [-0.2, 0) is 6.42 Å². The first-order valence-corrected chi connectivity index (χ1v) is 16.5. The lowest BCUT2D eigenvalue weighted by molar-refractivity contribution is 0.836. The van der Waals surface area contributed by atoms with Crippen LogP contribution in [0.25, 0.3) is 55.1 Å². The van der Waals surface area contributed by atoms with E-state index < -0.39 is 0 Å². The Kier molecular flexibility index (Phi) is 5.76. The highest BCUT2D eigenvalue weighted by Gasteiger charge is 2.24. The summed E-state index contributed by atoms with van der Waals surface area (Å²) in [4.78, 5) is 5.33. The Morgan fingerprint density at radius 3 is 2.40 bits per heavy atom. The van der Waals surface area contributed by atoms with E-state index in [1.807, 2.05) is 0 Å². The number of aromatic nitrogens is 1. The normalized spacial score (nSPS) is 15.5. The van der Waals surface area contributed by atoms with Crippen LogP contribution in [0.2, 0.25) is 0 Å². The maximum absolute atomic E-state index is 5.33. The Morgan fingerprint density at radius 1 is 0.638 bits per heavy atom. The Bertz CT molecular complexity index is 2600. The predicted molar refractivity (Wildman–Crippen MR) is 198 cm³/mol. The smallest absolute Gasteiger partial charge is 0.146 e. The molecule has 0 saturated heterocycles. The average Bonchev–Trinajstić information content (AvgIpc) is 3.50. The van der Waals surface area contributed by atoms with Gasteiger partial charge in [0.05, 0.1) is 16.7 Å². The van der Waals surface area contributed by atoms with E-state index >= 15 is 0 Å². The van der Waals surface area contributed by atoms with Gasteiger partial charge in [-0.25, -0.2) is 0 Å². The number of fused-ring (bicyclic) bond motifs is 9. The highest BCUT2D eigenvalue weighted by atomic mass is 15.1. The molecule has 1 unspecified atom stereocenters. The first-order valence-electron chi connectivity index (χ1n) is 16.5. The summed E-state index contributed by atoms with van der Waals surface area (Å²) in [7, 11) is 0. The van der Waals surface area contributed by atoms with Crippen molar-refractivity contribution in [3.05, 3.63) is 173 Å². The molecule has 1 aliphatic carbocycles. The van der Waals surface area contributed by atoms with Crippen molar-refractivity contribution < 1.29 is 0 Å². The Hall–Kier alpha value is -5.93. The minimum atomic E-state index is -0.200. The molecule has 47 heavy (non-hydrogen) atoms. The second-order valence-corrected chi connectivity index (χ2v) is 12.7. The Morgan fingerprint density at radius 2 is 1.45 bits per heavy atom. The molecule has 0 amide bonds. The van der Waals surface area contributed by atoms with E-state index in [1.165, 1.54) is 65.7 Å². The molecule has 2 aliphatic rings. The summed E-state index contributed by atoms with van der Waals surface area (Å²) in [6, 6.07) is 50.6. The SMILES string of the molecule is C1=Cc2ccc3c(c2CC1)c1c2ccccc2ccc1n3-c1ccc2c(C3N=C(c4ccccc4)c4ccccc4N3)cccc2c1. The number of aliphatic imine (C=N–C) groups is 1. The molecule has 0 fully saturated rings. The molecular weight excluding hydrogens is 571 g/mol. The number of hydrogen-bond donors (Lipinski definition) is 1. The monoisotopic (exact) mass is 601 g/mol. The lowest BCUT2D eigenvalue weighted by Gasteiger charge is -2.27. The third-order valence-electron chi connectivity index (χ3n) is 10.1. The molecule has 7 aromatic carbocycles. The number of anilines is 1. The van der Waals surface area contributed by atoms with Crippen molar-refractivity contribution in [2.75, 3.05) is 5.32 Å². The summed E-state index contributed by atoms with van der Waals surface area (Å²) in [5.41, 5.74) is 12.1. The van der Waals surface area contributed by atoms with Gasteiger partial charge < -0.3 is 9.88 Å². The van der Waals surface area contributed by atoms with Crippen LogP contribution in [0.3, 0.4) is 0 Å². The summed E-state index contributed by atoms with van der Waals surface area (Å²) in [5.74, 6) is 0. The molecule has 222 valence electrons. The van der Waals surface area contributed by atoms with E-state index in [9.17, 15) is 0 Å². The maximum atomic E-state index is 5.33. The van der Waals surface area contributed by atoms with Crippen LogP contribution in [0.5, 0.6) is 0 Å². The minimum Gasteiger partial charge on any atom is -0.359 e. The van der Waals surface area contributed by atoms with Gasteiger partial charge in [-0.2, -0.15) is 0 Å². The molecule has 1 atom stereocenters. The van der Waals surface area contributed by atoms with E-state index in [2.05, 4.69) is 162 Å². The molecule has 0 spiro atoms. The molecule has 3 heteroatoms. The lowest BCUT2D eigenvalue weighted by atomic mass is 9.92. The number of benzene rings is 7. The largest absolute Gasteiger partial charge is 0.359 e. The predicted octanol–water partition coefficient (Wildman–Crippen LogP) is 11.0. The maximum Gasteiger partial charge on any atom is 0.146 e. The fourth-order valence-electron chi connectivity index (χ4n) is 7.94. The molecule has 0 bridgehead atoms. The van der Waals surface area contributed by atoms with Gasteiger partial charge in [0, 0.05) is 38.8 Å². The number of aryl methyl sites for hydroxylation is 1. The van der Waals surface area contributed by atoms with E-state index in [1.54, 1.807) is 0 Å². The van der Waals surface area contributed by atoms with Gasteiger partial charge in [0.1, 0.15) is 6.17 Å². The molecule has 1 aliphatic heterocycles. The van der Waals surface area contributed by atoms with Crippen molar-refractivity contribution in [3.63, 3.8) is 0 Å². The van der Waals surface area contributed by atoms with Crippen molar-refractivity contribution in [2.45, 2.75) is 19.0 Å². The van der Waals surface area contributed by atoms with Crippen molar-refractivity contribution >= 4 is 60.8 Å². The summed E-state index contributed by atoms with van der Waals surface area (Å²) in [6.45, 7) is 0. The van der Waals surface area contributed by atoms with Crippen LogP contribution >= 0.6 is 0 Å². The minimum absolute atomic E-state index is 0.200. The fraction of sp³-hybridized carbons (Fsp3) is 0.0682. The van der Waals surface area contributed by atoms with Crippen molar-refractivity contribution in [3.8, 4) is 5.69 Å². The van der Waals surface area contributed by atoms with Gasteiger partial charge in [0.25, 0.3) is 0 Å². The van der Waals surface area contributed by atoms with Crippen molar-refractivity contribution in [1.82, 2.24) is 4.57 Å². The summed E-state index contributed by atoms with van der Waals surface area (Å²) < 4.78 is 2.47. The van der Waals surface area contributed by atoms with E-state index in [0.29, 0.717) is 0 Å². The van der Waals surface area contributed by atoms with Gasteiger partial charge in [-0.05, 0) is 75.8 Å². The second kappa shape index (κ2) is 10.3. The van der Waals surface area contributed by atoms with Crippen LogP contribution in [0, 0.1) is 0 Å². The molecule has 2 heterocycles. The number of rotatable bonds is 3. The third-order valence-corrected chi connectivity index (χ3v) is 10.1. The quantitative estimate of drug-likeness (QED) is 0.214. The average molecular weight is 602 g/mol. The number of para-hydroxylation sites is 1. The number of nitrogens with one attached hydrogen (secondary N) is 1. The molecule has 8 aromatic rings. The molecule has 0 saturated carbocycles. The van der Waals surface area contributed by atoms with Gasteiger partial charge in [-0.3, -0.25) is 4.99 Å². The molecule has 1 N–H and O–H groups in total. The number of allylic oxidation sites excluding steroid dienone is 1. The molecular formula is C44H31N3. The van der Waals surface area contributed by atoms with Crippen molar-refractivity contribution in [1.29, 1.82) is 0 Å². The molecule has 0 radical (unpaired) electrons.